The number of benzene rings is 1. The Bertz CT molecular complexity index is 916. The molecule has 1 fully saturated rings. The molecule has 1 aromatic rings. The zero-order chi connectivity index (χ0) is 24.7. The highest BCUT2D eigenvalue weighted by atomic mass is 16.5. The molecule has 0 amide bonds. The molecule has 188 valence electrons. The van der Waals surface area contributed by atoms with Crippen molar-refractivity contribution >= 4 is 17.6 Å². The van der Waals surface area contributed by atoms with E-state index in [0.717, 1.165) is 53.3 Å². The summed E-state index contributed by atoms with van der Waals surface area (Å²) in [6.07, 6.45) is 7.49. The molecule has 1 aromatic carbocycles. The maximum atomic E-state index is 12.5. The standard InChI is InChI=1S/C27H40N2O5/c1-18(2)28-25-21(26(32-5)20(4)22-17-34-27(31)24(22)25)11-9-19(3)10-12-23(30)33-16-15-29-13-7-6-8-14-29/h9,18,28H,6-8,10-17H2,1-5H3/b19-9+. The Morgan fingerprint density at radius 2 is 1.94 bits per heavy atom. The van der Waals surface area contributed by atoms with Gasteiger partial charge in [-0.05, 0) is 72.0 Å². The van der Waals surface area contributed by atoms with Gasteiger partial charge in [0, 0.05) is 30.1 Å². The molecule has 2 aliphatic rings. The van der Waals surface area contributed by atoms with Crippen molar-refractivity contribution in [3.63, 3.8) is 0 Å². The number of esters is 2. The molecule has 34 heavy (non-hydrogen) atoms. The Morgan fingerprint density at radius 1 is 1.21 bits per heavy atom. The van der Waals surface area contributed by atoms with E-state index in [1.807, 2.05) is 27.7 Å². The molecule has 0 spiro atoms. The van der Waals surface area contributed by atoms with Crippen molar-refractivity contribution < 1.29 is 23.8 Å². The molecule has 0 saturated carbocycles. The first-order valence-corrected chi connectivity index (χ1v) is 12.5. The summed E-state index contributed by atoms with van der Waals surface area (Å²) in [5.41, 5.74) is 5.28. The number of hydrogen-bond donors (Lipinski definition) is 1. The number of cyclic esters (lactones) is 1. The van der Waals surface area contributed by atoms with Crippen molar-refractivity contribution in [1.29, 1.82) is 0 Å². The van der Waals surface area contributed by atoms with Crippen LogP contribution < -0.4 is 10.1 Å². The topological polar surface area (TPSA) is 77.1 Å². The van der Waals surface area contributed by atoms with E-state index in [2.05, 4.69) is 16.3 Å². The van der Waals surface area contributed by atoms with Crippen LogP contribution in [0.5, 0.6) is 5.75 Å². The van der Waals surface area contributed by atoms with Crippen molar-refractivity contribution in [1.82, 2.24) is 4.90 Å². The van der Waals surface area contributed by atoms with Crippen molar-refractivity contribution in [2.75, 3.05) is 38.7 Å². The minimum absolute atomic E-state index is 0.147. The third kappa shape index (κ3) is 6.53. The number of hydrogen-bond acceptors (Lipinski definition) is 7. The average molecular weight is 473 g/mol. The van der Waals surface area contributed by atoms with Gasteiger partial charge in [0.2, 0.25) is 0 Å². The van der Waals surface area contributed by atoms with Crippen molar-refractivity contribution in [2.45, 2.75) is 78.9 Å². The van der Waals surface area contributed by atoms with Crippen molar-refractivity contribution in [2.24, 2.45) is 0 Å². The first-order valence-electron chi connectivity index (χ1n) is 12.5. The molecule has 0 radical (unpaired) electrons. The number of fused-ring (bicyclic) bond motifs is 1. The predicted octanol–water partition coefficient (Wildman–Crippen LogP) is 4.79. The summed E-state index contributed by atoms with van der Waals surface area (Å²) in [5, 5.41) is 3.44. The zero-order valence-corrected chi connectivity index (χ0v) is 21.4. The summed E-state index contributed by atoms with van der Waals surface area (Å²) >= 11 is 0. The van der Waals surface area contributed by atoms with Crippen LogP contribution in [-0.4, -0.2) is 56.2 Å². The van der Waals surface area contributed by atoms with Crippen LogP contribution in [0.1, 0.15) is 79.9 Å². The number of nitrogens with zero attached hydrogens (tertiary/aromatic N) is 1. The molecule has 0 aliphatic carbocycles. The summed E-state index contributed by atoms with van der Waals surface area (Å²) in [4.78, 5) is 27.1. The van der Waals surface area contributed by atoms with Crippen molar-refractivity contribution in [3.05, 3.63) is 33.9 Å². The van der Waals surface area contributed by atoms with E-state index < -0.39 is 0 Å². The molecule has 1 N–H and O–H groups in total. The fourth-order valence-electron chi connectivity index (χ4n) is 4.72. The lowest BCUT2D eigenvalue weighted by Gasteiger charge is -2.25. The summed E-state index contributed by atoms with van der Waals surface area (Å²) < 4.78 is 16.6. The predicted molar refractivity (Wildman–Crippen MR) is 134 cm³/mol. The van der Waals surface area contributed by atoms with Gasteiger partial charge in [-0.15, -0.1) is 0 Å². The largest absolute Gasteiger partial charge is 0.496 e. The van der Waals surface area contributed by atoms with E-state index in [-0.39, 0.29) is 24.6 Å². The van der Waals surface area contributed by atoms with Crippen LogP contribution in [-0.2, 0) is 27.3 Å². The maximum Gasteiger partial charge on any atom is 0.341 e. The lowest BCUT2D eigenvalue weighted by Crippen LogP contribution is -2.33. The van der Waals surface area contributed by atoms with Gasteiger partial charge in [0.05, 0.1) is 18.4 Å². The Labute approximate surface area is 203 Å². The Morgan fingerprint density at radius 3 is 2.62 bits per heavy atom. The number of nitrogens with one attached hydrogen (secondary N) is 1. The van der Waals surface area contributed by atoms with Gasteiger partial charge in [0.25, 0.3) is 0 Å². The number of anilines is 1. The number of carbonyl (C=O) groups excluding carboxylic acids is 2. The third-order valence-corrected chi connectivity index (χ3v) is 6.61. The molecular weight excluding hydrogens is 432 g/mol. The fraction of sp³-hybridized carbons (Fsp3) is 0.630. The molecule has 3 rings (SSSR count). The van der Waals surface area contributed by atoms with Gasteiger partial charge < -0.3 is 19.5 Å². The second kappa shape index (κ2) is 12.2. The van der Waals surface area contributed by atoms with Gasteiger partial charge >= 0.3 is 11.9 Å². The van der Waals surface area contributed by atoms with Crippen LogP contribution in [0.25, 0.3) is 0 Å². The number of ether oxygens (including phenoxy) is 3. The normalized spacial score (nSPS) is 16.4. The summed E-state index contributed by atoms with van der Waals surface area (Å²) in [6.45, 7) is 11.9. The van der Waals surface area contributed by atoms with E-state index in [4.69, 9.17) is 14.2 Å². The molecule has 2 heterocycles. The zero-order valence-electron chi connectivity index (χ0n) is 21.4. The van der Waals surface area contributed by atoms with Gasteiger partial charge in [-0.25, -0.2) is 4.79 Å². The van der Waals surface area contributed by atoms with Gasteiger partial charge in [-0.3, -0.25) is 9.69 Å². The van der Waals surface area contributed by atoms with Crippen LogP contribution in [0.2, 0.25) is 0 Å². The Hall–Kier alpha value is -2.54. The van der Waals surface area contributed by atoms with Gasteiger partial charge in [-0.2, -0.15) is 0 Å². The molecule has 7 nitrogen and oxygen atoms in total. The highest BCUT2D eigenvalue weighted by molar-refractivity contribution is 6.01. The highest BCUT2D eigenvalue weighted by Gasteiger charge is 2.32. The molecule has 0 unspecified atom stereocenters. The fourth-order valence-corrected chi connectivity index (χ4v) is 4.72. The van der Waals surface area contributed by atoms with E-state index in [0.29, 0.717) is 31.4 Å². The SMILES string of the molecule is COc1c(C)c2c(c(NC(C)C)c1C/C=C(\C)CCC(=O)OCCN1CCCCC1)C(=O)OC2. The molecule has 0 bridgehead atoms. The second-order valence-electron chi connectivity index (χ2n) is 9.62. The number of carbonyl (C=O) groups is 2. The highest BCUT2D eigenvalue weighted by Crippen LogP contribution is 2.41. The Balaban J connectivity index is 1.63. The number of allylic oxidation sites excluding steroid dienone is 2. The number of likely N-dealkylation sites (tertiary alicyclic amines) is 1. The van der Waals surface area contributed by atoms with Crippen LogP contribution in [0.4, 0.5) is 5.69 Å². The summed E-state index contributed by atoms with van der Waals surface area (Å²) in [6, 6.07) is 0.147. The molecular formula is C27H40N2O5. The summed E-state index contributed by atoms with van der Waals surface area (Å²) in [5.74, 6) is 0.333. The number of methoxy groups -OCH3 is 1. The van der Waals surface area contributed by atoms with Crippen LogP contribution in [0.3, 0.4) is 0 Å². The lowest BCUT2D eigenvalue weighted by molar-refractivity contribution is -0.144. The van der Waals surface area contributed by atoms with Gasteiger partial charge in [-0.1, -0.05) is 18.1 Å². The average Bonchev–Trinajstić information content (AvgIpc) is 3.20. The molecule has 2 aliphatic heterocycles. The molecule has 0 aromatic heterocycles. The monoisotopic (exact) mass is 472 g/mol. The number of rotatable bonds is 11. The minimum atomic E-state index is -0.293. The van der Waals surface area contributed by atoms with Crippen LogP contribution in [0, 0.1) is 6.92 Å². The van der Waals surface area contributed by atoms with Gasteiger partial charge in [0.15, 0.2) is 0 Å². The summed E-state index contributed by atoms with van der Waals surface area (Å²) in [7, 11) is 1.66. The number of piperidine rings is 1. The van der Waals surface area contributed by atoms with Crippen LogP contribution in [0.15, 0.2) is 11.6 Å². The maximum absolute atomic E-state index is 12.5. The van der Waals surface area contributed by atoms with E-state index in [1.54, 1.807) is 7.11 Å². The molecule has 7 heteroatoms. The second-order valence-corrected chi connectivity index (χ2v) is 9.62. The third-order valence-electron chi connectivity index (χ3n) is 6.61. The Kier molecular flexibility index (Phi) is 9.39. The smallest absolute Gasteiger partial charge is 0.341 e. The van der Waals surface area contributed by atoms with E-state index in [1.165, 1.54) is 19.3 Å². The quantitative estimate of drug-likeness (QED) is 0.366. The first kappa shape index (κ1) is 26.1. The van der Waals surface area contributed by atoms with Gasteiger partial charge in [0.1, 0.15) is 19.0 Å². The van der Waals surface area contributed by atoms with Crippen molar-refractivity contribution in [3.8, 4) is 5.75 Å². The van der Waals surface area contributed by atoms with Crippen LogP contribution >= 0.6 is 0 Å². The minimum Gasteiger partial charge on any atom is -0.496 e. The lowest BCUT2D eigenvalue weighted by atomic mass is 9.93. The molecule has 0 atom stereocenters. The first-order chi connectivity index (χ1) is 16.3. The molecule has 1 saturated heterocycles. The van der Waals surface area contributed by atoms with E-state index >= 15 is 0 Å². The van der Waals surface area contributed by atoms with E-state index in [9.17, 15) is 9.59 Å².